The van der Waals surface area contributed by atoms with Crippen molar-refractivity contribution in [2.45, 2.75) is 26.0 Å². The number of ether oxygens (including phenoxy) is 4. The molecule has 1 atom stereocenters. The van der Waals surface area contributed by atoms with Crippen LogP contribution in [0.25, 0.3) is 5.76 Å². The van der Waals surface area contributed by atoms with Crippen LogP contribution in [0.3, 0.4) is 0 Å². The van der Waals surface area contributed by atoms with Crippen LogP contribution < -0.4 is 23.8 Å². The van der Waals surface area contributed by atoms with Crippen molar-refractivity contribution in [3.63, 3.8) is 0 Å². The molecule has 1 N–H and O–H groups in total. The lowest BCUT2D eigenvalue weighted by molar-refractivity contribution is -0.132. The molecular formula is C28H24ClNO7. The summed E-state index contributed by atoms with van der Waals surface area (Å²) in [5.74, 6) is -0.107. The zero-order valence-corrected chi connectivity index (χ0v) is 21.1. The SMILES string of the molecule is COc1ccc(Cl)cc1/C(O)=C1\C(=O)C(=O)N(c2ccc3c(c2)OCO3)C1c1ccc(OC(C)C)cc1. The maximum Gasteiger partial charge on any atom is 0.300 e. The molecule has 2 aliphatic heterocycles. The van der Waals surface area contributed by atoms with Crippen molar-refractivity contribution in [1.29, 1.82) is 0 Å². The molecule has 1 fully saturated rings. The number of hydrogen-bond acceptors (Lipinski definition) is 7. The smallest absolute Gasteiger partial charge is 0.300 e. The Bertz CT molecular complexity index is 1410. The summed E-state index contributed by atoms with van der Waals surface area (Å²) in [6.07, 6.45) is -0.0274. The summed E-state index contributed by atoms with van der Waals surface area (Å²) < 4.78 is 22.0. The zero-order valence-electron chi connectivity index (χ0n) is 20.4. The lowest BCUT2D eigenvalue weighted by atomic mass is 9.94. The number of aliphatic hydroxyl groups excluding tert-OH is 1. The van der Waals surface area contributed by atoms with Crippen molar-refractivity contribution in [2.24, 2.45) is 0 Å². The molecule has 3 aromatic rings. The fraction of sp³-hybridized carbons (Fsp3) is 0.214. The number of ketones is 1. The van der Waals surface area contributed by atoms with E-state index in [1.165, 1.54) is 18.1 Å². The van der Waals surface area contributed by atoms with Crippen LogP contribution in [0.2, 0.25) is 5.02 Å². The standard InChI is InChI=1S/C28H24ClNO7/c1-15(2)37-19-8-4-16(5-9-19)25-24(26(31)20-12-17(29)6-10-21(20)34-3)27(32)28(33)30(25)18-7-11-22-23(13-18)36-14-35-22/h4-13,15,25,31H,14H2,1-3H3/b26-24+. The summed E-state index contributed by atoms with van der Waals surface area (Å²) in [5.41, 5.74) is 1.11. The highest BCUT2D eigenvalue weighted by molar-refractivity contribution is 6.51. The third kappa shape index (κ3) is 4.44. The molecule has 9 heteroatoms. The van der Waals surface area contributed by atoms with Crippen molar-refractivity contribution >= 4 is 34.7 Å². The number of carbonyl (C=O) groups excluding carboxylic acids is 2. The molecule has 2 heterocycles. The third-order valence-corrected chi connectivity index (χ3v) is 6.30. The van der Waals surface area contributed by atoms with E-state index in [4.69, 9.17) is 30.5 Å². The molecule has 1 saturated heterocycles. The number of carbonyl (C=O) groups is 2. The largest absolute Gasteiger partial charge is 0.507 e. The first-order valence-electron chi connectivity index (χ1n) is 11.6. The Morgan fingerprint density at radius 3 is 2.46 bits per heavy atom. The number of nitrogens with zero attached hydrogens (tertiary/aromatic N) is 1. The van der Waals surface area contributed by atoms with Gasteiger partial charge in [-0.25, -0.2) is 0 Å². The number of aliphatic hydroxyl groups is 1. The summed E-state index contributed by atoms with van der Waals surface area (Å²) in [7, 11) is 1.44. The van der Waals surface area contributed by atoms with Crippen molar-refractivity contribution in [3.8, 4) is 23.0 Å². The number of methoxy groups -OCH3 is 1. The van der Waals surface area contributed by atoms with Gasteiger partial charge in [0.2, 0.25) is 6.79 Å². The molecule has 5 rings (SSSR count). The minimum atomic E-state index is -0.947. The van der Waals surface area contributed by atoms with Crippen LogP contribution in [0.15, 0.2) is 66.2 Å². The normalized spacial score (nSPS) is 18.0. The number of fused-ring (bicyclic) bond motifs is 1. The highest BCUT2D eigenvalue weighted by Crippen LogP contribution is 2.46. The molecular weight excluding hydrogens is 498 g/mol. The van der Waals surface area contributed by atoms with Crippen LogP contribution in [0, 0.1) is 0 Å². The van der Waals surface area contributed by atoms with E-state index in [1.54, 1.807) is 54.6 Å². The van der Waals surface area contributed by atoms with E-state index in [0.717, 1.165) is 0 Å². The molecule has 190 valence electrons. The highest BCUT2D eigenvalue weighted by Gasteiger charge is 2.47. The predicted octanol–water partition coefficient (Wildman–Crippen LogP) is 5.49. The molecule has 0 spiro atoms. The first kappa shape index (κ1) is 24.5. The first-order valence-corrected chi connectivity index (χ1v) is 12.0. The molecule has 0 saturated carbocycles. The van der Waals surface area contributed by atoms with Crippen LogP contribution in [0.5, 0.6) is 23.0 Å². The number of rotatable bonds is 6. The van der Waals surface area contributed by atoms with Crippen molar-refractivity contribution in [3.05, 3.63) is 82.4 Å². The fourth-order valence-corrected chi connectivity index (χ4v) is 4.63. The van der Waals surface area contributed by atoms with E-state index >= 15 is 0 Å². The average molecular weight is 522 g/mol. The number of amides is 1. The lowest BCUT2D eigenvalue weighted by Gasteiger charge is -2.26. The Balaban J connectivity index is 1.70. The number of benzene rings is 3. The predicted molar refractivity (Wildman–Crippen MR) is 138 cm³/mol. The molecule has 1 unspecified atom stereocenters. The second kappa shape index (κ2) is 9.71. The van der Waals surface area contributed by atoms with Gasteiger partial charge in [0.15, 0.2) is 11.5 Å². The summed E-state index contributed by atoms with van der Waals surface area (Å²) in [5, 5.41) is 11.8. The van der Waals surface area contributed by atoms with Gasteiger partial charge in [0, 0.05) is 16.8 Å². The van der Waals surface area contributed by atoms with Crippen LogP contribution >= 0.6 is 11.6 Å². The fourth-order valence-electron chi connectivity index (χ4n) is 4.46. The summed E-state index contributed by atoms with van der Waals surface area (Å²) in [6.45, 7) is 3.90. The minimum Gasteiger partial charge on any atom is -0.507 e. The van der Waals surface area contributed by atoms with Gasteiger partial charge in [0.1, 0.15) is 17.3 Å². The Kier molecular flexibility index (Phi) is 6.43. The molecule has 8 nitrogen and oxygen atoms in total. The monoisotopic (exact) mass is 521 g/mol. The molecule has 0 bridgehead atoms. The summed E-state index contributed by atoms with van der Waals surface area (Å²) in [6, 6.07) is 15.7. The minimum absolute atomic E-state index is 0.0274. The van der Waals surface area contributed by atoms with Gasteiger partial charge in [-0.05, 0) is 61.9 Å². The first-order chi connectivity index (χ1) is 17.8. The van der Waals surface area contributed by atoms with Gasteiger partial charge in [-0.1, -0.05) is 23.7 Å². The van der Waals surface area contributed by atoms with Gasteiger partial charge in [0.05, 0.1) is 30.4 Å². The van der Waals surface area contributed by atoms with Crippen molar-refractivity contribution in [2.75, 3.05) is 18.8 Å². The second-order valence-electron chi connectivity index (χ2n) is 8.79. The van der Waals surface area contributed by atoms with Gasteiger partial charge in [0.25, 0.3) is 11.7 Å². The Morgan fingerprint density at radius 1 is 1.03 bits per heavy atom. The molecule has 0 radical (unpaired) electrons. The maximum absolute atomic E-state index is 13.5. The van der Waals surface area contributed by atoms with Gasteiger partial charge in [-0.15, -0.1) is 0 Å². The topological polar surface area (TPSA) is 94.5 Å². The van der Waals surface area contributed by atoms with E-state index in [9.17, 15) is 14.7 Å². The van der Waals surface area contributed by atoms with Crippen LogP contribution in [-0.2, 0) is 9.59 Å². The summed E-state index contributed by atoms with van der Waals surface area (Å²) >= 11 is 6.19. The second-order valence-corrected chi connectivity index (χ2v) is 9.22. The molecule has 3 aromatic carbocycles. The van der Waals surface area contributed by atoms with E-state index < -0.39 is 23.5 Å². The number of hydrogen-bond donors (Lipinski definition) is 1. The third-order valence-electron chi connectivity index (χ3n) is 6.06. The van der Waals surface area contributed by atoms with Crippen LogP contribution in [0.4, 0.5) is 5.69 Å². The van der Waals surface area contributed by atoms with Crippen LogP contribution in [-0.4, -0.2) is 36.8 Å². The lowest BCUT2D eigenvalue weighted by Crippen LogP contribution is -2.29. The Hall–Kier alpha value is -4.17. The number of Topliss-reactive ketones (excluding diaryl/α,β-unsaturated/α-hetero) is 1. The van der Waals surface area contributed by atoms with Crippen molar-refractivity contribution < 1.29 is 33.6 Å². The number of anilines is 1. The maximum atomic E-state index is 13.5. The molecule has 2 aliphatic rings. The molecule has 1 amide bonds. The van der Waals surface area contributed by atoms with E-state index in [-0.39, 0.29) is 24.0 Å². The Labute approximate surface area is 218 Å². The highest BCUT2D eigenvalue weighted by atomic mass is 35.5. The Morgan fingerprint density at radius 2 is 1.76 bits per heavy atom. The molecule has 37 heavy (non-hydrogen) atoms. The molecule has 0 aromatic heterocycles. The van der Waals surface area contributed by atoms with Gasteiger partial charge in [-0.2, -0.15) is 0 Å². The van der Waals surface area contributed by atoms with Gasteiger partial charge in [-0.3, -0.25) is 14.5 Å². The van der Waals surface area contributed by atoms with Gasteiger partial charge < -0.3 is 24.1 Å². The zero-order chi connectivity index (χ0) is 26.3. The van der Waals surface area contributed by atoms with E-state index in [1.807, 2.05) is 13.8 Å². The quantitative estimate of drug-likeness (QED) is 0.260. The molecule has 0 aliphatic carbocycles. The van der Waals surface area contributed by atoms with E-state index in [0.29, 0.717) is 39.3 Å². The van der Waals surface area contributed by atoms with Gasteiger partial charge >= 0.3 is 0 Å². The van der Waals surface area contributed by atoms with E-state index in [2.05, 4.69) is 0 Å². The number of halogens is 1. The average Bonchev–Trinajstić information content (AvgIpc) is 3.45. The van der Waals surface area contributed by atoms with Crippen molar-refractivity contribution in [1.82, 2.24) is 0 Å². The van der Waals surface area contributed by atoms with Crippen LogP contribution in [0.1, 0.15) is 31.0 Å². The summed E-state index contributed by atoms with van der Waals surface area (Å²) in [4.78, 5) is 28.2.